The molecule has 1 aromatic rings. The number of benzene rings is 1. The number of carbonyl (C=O) groups excluding carboxylic acids is 1. The van der Waals surface area contributed by atoms with Gasteiger partial charge in [0.1, 0.15) is 11.7 Å². The first-order chi connectivity index (χ1) is 15.1. The summed E-state index contributed by atoms with van der Waals surface area (Å²) in [5.41, 5.74) is -1.04. The molecule has 0 aromatic heterocycles. The molecule has 33 heavy (non-hydrogen) atoms. The normalized spacial score (nSPS) is 15.2. The number of unbranched alkanes of at least 4 members (excludes halogenated alkanes) is 4. The summed E-state index contributed by atoms with van der Waals surface area (Å²) in [6, 6.07) is 7.52. The number of hydrogen-bond donors (Lipinski definition) is 1. The van der Waals surface area contributed by atoms with E-state index in [-0.39, 0.29) is 5.04 Å². The van der Waals surface area contributed by atoms with Gasteiger partial charge < -0.3 is 14.3 Å². The molecule has 0 amide bonds. The van der Waals surface area contributed by atoms with E-state index < -0.39 is 31.6 Å². The fraction of sp³-hybridized carbons (Fsp3) is 0.679. The molecule has 0 heterocycles. The Morgan fingerprint density at radius 1 is 1.06 bits per heavy atom. The van der Waals surface area contributed by atoms with E-state index in [0.29, 0.717) is 12.0 Å². The minimum atomic E-state index is -2.54. The third-order valence-electron chi connectivity index (χ3n) is 6.22. The molecule has 1 rings (SSSR count). The number of hydrogen-bond acceptors (Lipinski definition) is 4. The molecule has 0 spiro atoms. The van der Waals surface area contributed by atoms with Crippen LogP contribution in [0.2, 0.25) is 18.1 Å². The maximum atomic E-state index is 13.8. The lowest BCUT2D eigenvalue weighted by molar-refractivity contribution is -0.178. The van der Waals surface area contributed by atoms with Crippen molar-refractivity contribution in [3.8, 4) is 11.8 Å². The predicted molar refractivity (Wildman–Crippen MR) is 140 cm³/mol. The lowest BCUT2D eigenvalue weighted by atomic mass is 9.88. The quantitative estimate of drug-likeness (QED) is 0.179. The molecule has 0 aliphatic carbocycles. The second-order valence-electron chi connectivity index (χ2n) is 11.5. The summed E-state index contributed by atoms with van der Waals surface area (Å²) >= 11 is 0. The maximum absolute atomic E-state index is 13.8. The molecule has 1 aromatic carbocycles. The van der Waals surface area contributed by atoms with Crippen LogP contribution in [-0.4, -0.2) is 30.6 Å². The van der Waals surface area contributed by atoms with Crippen LogP contribution in [0.25, 0.3) is 0 Å². The third-order valence-corrected chi connectivity index (χ3v) is 10.7. The van der Waals surface area contributed by atoms with Crippen LogP contribution >= 0.6 is 0 Å². The lowest BCUT2D eigenvalue weighted by Gasteiger charge is -2.44. The minimum Gasteiger partial charge on any atom is -0.457 e. The van der Waals surface area contributed by atoms with Crippen molar-refractivity contribution in [2.24, 2.45) is 0 Å². The van der Waals surface area contributed by atoms with E-state index in [1.807, 2.05) is 52.0 Å². The van der Waals surface area contributed by atoms with E-state index in [1.165, 1.54) is 0 Å². The van der Waals surface area contributed by atoms with Gasteiger partial charge in [-0.15, -0.1) is 0 Å². The molecule has 4 nitrogen and oxygen atoms in total. The first-order valence-corrected chi connectivity index (χ1v) is 15.2. The zero-order chi connectivity index (χ0) is 25.5. The average molecular weight is 475 g/mol. The van der Waals surface area contributed by atoms with Gasteiger partial charge in [-0.25, -0.2) is 4.79 Å². The molecule has 0 saturated carbocycles. The SMILES string of the molecule is CCCCCCC#C[C@@](O[Si](C)(C)C(C)(C)C)(C(=O)OC(C)(C)C)[C@@H](O)c1ccccc1C. The van der Waals surface area contributed by atoms with Crippen molar-refractivity contribution >= 4 is 14.3 Å². The van der Waals surface area contributed by atoms with Crippen molar-refractivity contribution in [3.63, 3.8) is 0 Å². The van der Waals surface area contributed by atoms with Gasteiger partial charge in [0.15, 0.2) is 8.32 Å². The van der Waals surface area contributed by atoms with Crippen LogP contribution in [0.5, 0.6) is 0 Å². The topological polar surface area (TPSA) is 55.8 Å². The van der Waals surface area contributed by atoms with Crippen molar-refractivity contribution in [2.75, 3.05) is 0 Å². The van der Waals surface area contributed by atoms with Gasteiger partial charge in [-0.3, -0.25) is 0 Å². The Kier molecular flexibility index (Phi) is 10.4. The molecular weight excluding hydrogens is 428 g/mol. The maximum Gasteiger partial charge on any atom is 0.353 e. The fourth-order valence-corrected chi connectivity index (χ4v) is 4.57. The van der Waals surface area contributed by atoms with E-state index in [1.54, 1.807) is 0 Å². The van der Waals surface area contributed by atoms with Crippen LogP contribution in [0, 0.1) is 18.8 Å². The van der Waals surface area contributed by atoms with Gasteiger partial charge in [0.25, 0.3) is 0 Å². The summed E-state index contributed by atoms with van der Waals surface area (Å²) in [6.07, 6.45) is 3.72. The molecule has 186 valence electrons. The van der Waals surface area contributed by atoms with Crippen LogP contribution in [0.15, 0.2) is 24.3 Å². The zero-order valence-corrected chi connectivity index (χ0v) is 23.6. The molecule has 0 radical (unpaired) electrons. The Hall–Kier alpha value is -1.61. The Morgan fingerprint density at radius 3 is 2.18 bits per heavy atom. The Morgan fingerprint density at radius 2 is 1.67 bits per heavy atom. The number of carbonyl (C=O) groups is 1. The van der Waals surface area contributed by atoms with E-state index in [9.17, 15) is 9.90 Å². The first kappa shape index (κ1) is 29.4. The average Bonchev–Trinajstić information content (AvgIpc) is 2.67. The Labute approximate surface area is 203 Å². The number of aliphatic hydroxyl groups excluding tert-OH is 1. The number of rotatable bonds is 9. The van der Waals surface area contributed by atoms with Crippen LogP contribution in [0.3, 0.4) is 0 Å². The predicted octanol–water partition coefficient (Wildman–Crippen LogP) is 7.10. The fourth-order valence-electron chi connectivity index (χ4n) is 3.21. The van der Waals surface area contributed by atoms with Crippen molar-refractivity contribution in [3.05, 3.63) is 35.4 Å². The van der Waals surface area contributed by atoms with Gasteiger partial charge in [0.05, 0.1) is 0 Å². The van der Waals surface area contributed by atoms with Crippen molar-refractivity contribution in [2.45, 2.75) is 123 Å². The van der Waals surface area contributed by atoms with E-state index in [0.717, 1.165) is 31.2 Å². The summed E-state index contributed by atoms with van der Waals surface area (Å²) in [5, 5.41) is 11.6. The van der Waals surface area contributed by atoms with E-state index >= 15 is 0 Å². The second kappa shape index (κ2) is 11.7. The van der Waals surface area contributed by atoms with Crippen molar-refractivity contribution < 1.29 is 19.1 Å². The molecule has 0 fully saturated rings. The summed E-state index contributed by atoms with van der Waals surface area (Å²) in [6.45, 7) is 20.0. The van der Waals surface area contributed by atoms with Crippen LogP contribution in [-0.2, 0) is 14.0 Å². The van der Waals surface area contributed by atoms with Gasteiger partial charge >= 0.3 is 5.97 Å². The summed E-state index contributed by atoms with van der Waals surface area (Å²) < 4.78 is 12.6. The van der Waals surface area contributed by atoms with Gasteiger partial charge in [-0.05, 0) is 63.4 Å². The van der Waals surface area contributed by atoms with Gasteiger partial charge in [0.2, 0.25) is 5.60 Å². The first-order valence-electron chi connectivity index (χ1n) is 12.2. The number of ether oxygens (including phenoxy) is 1. The van der Waals surface area contributed by atoms with Crippen molar-refractivity contribution in [1.82, 2.24) is 0 Å². The number of aliphatic hydroxyl groups is 1. The van der Waals surface area contributed by atoms with E-state index in [2.05, 4.69) is 52.6 Å². The molecule has 0 bridgehead atoms. The summed E-state index contributed by atoms with van der Waals surface area (Å²) in [5.74, 6) is 5.68. The highest BCUT2D eigenvalue weighted by molar-refractivity contribution is 6.74. The molecule has 0 aliphatic rings. The second-order valence-corrected chi connectivity index (χ2v) is 16.2. The molecule has 0 saturated heterocycles. The Balaban J connectivity index is 3.66. The lowest BCUT2D eigenvalue weighted by Crippen LogP contribution is -2.57. The monoisotopic (exact) mass is 474 g/mol. The highest BCUT2D eigenvalue weighted by Crippen LogP contribution is 2.43. The van der Waals surface area contributed by atoms with Gasteiger partial charge in [0, 0.05) is 6.42 Å². The highest BCUT2D eigenvalue weighted by atomic mass is 28.4. The standard InChI is InChI=1S/C28H46O4Si/c1-11-12-13-14-15-18-21-28(25(30)31-26(3,4)5,32-33(9,10)27(6,7)8)24(29)23-20-17-16-19-22(23)2/h16-17,19-20,24,29H,11-15H2,1-10H3/t24-,28-/m0/s1. The molecule has 1 N–H and O–H groups in total. The largest absolute Gasteiger partial charge is 0.457 e. The van der Waals surface area contributed by atoms with Crippen LogP contribution in [0.4, 0.5) is 0 Å². The van der Waals surface area contributed by atoms with Crippen LogP contribution < -0.4 is 0 Å². The molecule has 2 atom stereocenters. The molecule has 0 aliphatic heterocycles. The summed E-state index contributed by atoms with van der Waals surface area (Å²) in [7, 11) is -2.54. The summed E-state index contributed by atoms with van der Waals surface area (Å²) in [4.78, 5) is 13.8. The molecule has 0 unspecified atom stereocenters. The van der Waals surface area contributed by atoms with Gasteiger partial charge in [-0.1, -0.05) is 83.1 Å². The minimum absolute atomic E-state index is 0.186. The van der Waals surface area contributed by atoms with Crippen LogP contribution in [0.1, 0.15) is 97.8 Å². The number of esters is 1. The van der Waals surface area contributed by atoms with Gasteiger partial charge in [-0.2, -0.15) is 0 Å². The zero-order valence-electron chi connectivity index (χ0n) is 22.6. The Bertz CT molecular complexity index is 836. The third kappa shape index (κ3) is 8.28. The molecular formula is C28H46O4Si. The van der Waals surface area contributed by atoms with E-state index in [4.69, 9.17) is 9.16 Å². The number of aryl methyl sites for hydroxylation is 1. The molecule has 5 heteroatoms. The highest BCUT2D eigenvalue weighted by Gasteiger charge is 2.55. The van der Waals surface area contributed by atoms with Crippen molar-refractivity contribution in [1.29, 1.82) is 0 Å². The smallest absolute Gasteiger partial charge is 0.353 e.